The second-order valence-electron chi connectivity index (χ2n) is 4.81. The molecule has 3 aromatic rings. The fourth-order valence-electron chi connectivity index (χ4n) is 2.07. The lowest BCUT2D eigenvalue weighted by atomic mass is 10.0. The van der Waals surface area contributed by atoms with Crippen LogP contribution >= 0.6 is 11.6 Å². The maximum atomic E-state index is 11.1. The fraction of sp³-hybridized carbons (Fsp3) is 0.0625. The van der Waals surface area contributed by atoms with Crippen LogP contribution in [0.3, 0.4) is 0 Å². The summed E-state index contributed by atoms with van der Waals surface area (Å²) in [5.74, 6) is -0.0860. The number of carbonyl (C=O) groups is 1. The Morgan fingerprint density at radius 3 is 2.22 bits per heavy atom. The Balaban J connectivity index is 1.79. The van der Waals surface area contributed by atoms with Crippen molar-refractivity contribution < 1.29 is 14.5 Å². The van der Waals surface area contributed by atoms with Crippen molar-refractivity contribution in [3.05, 3.63) is 59.4 Å². The van der Waals surface area contributed by atoms with Gasteiger partial charge >= 0.3 is 0 Å². The van der Waals surface area contributed by atoms with Crippen molar-refractivity contribution in [2.45, 2.75) is 6.42 Å². The highest BCUT2D eigenvalue weighted by molar-refractivity contribution is 6.30. The summed E-state index contributed by atoms with van der Waals surface area (Å²) in [6.45, 7) is 0. The maximum absolute atomic E-state index is 11.1. The van der Waals surface area contributed by atoms with Gasteiger partial charge in [-0.15, -0.1) is 0 Å². The van der Waals surface area contributed by atoms with Gasteiger partial charge in [0.2, 0.25) is 0 Å². The lowest BCUT2D eigenvalue weighted by Crippen LogP contribution is -2.21. The first-order valence-electron chi connectivity index (χ1n) is 6.77. The minimum atomic E-state index is -0.601. The summed E-state index contributed by atoms with van der Waals surface area (Å²) in [5.41, 5.74) is 4.34. The van der Waals surface area contributed by atoms with E-state index in [0.717, 1.165) is 16.7 Å². The Labute approximate surface area is 136 Å². The first-order chi connectivity index (χ1) is 11.2. The van der Waals surface area contributed by atoms with Gasteiger partial charge in [0.1, 0.15) is 0 Å². The van der Waals surface area contributed by atoms with E-state index in [1.165, 1.54) is 5.48 Å². The molecule has 0 saturated heterocycles. The van der Waals surface area contributed by atoms with E-state index < -0.39 is 5.91 Å². The molecule has 23 heavy (non-hydrogen) atoms. The van der Waals surface area contributed by atoms with Crippen molar-refractivity contribution in [3.8, 4) is 22.6 Å². The summed E-state index contributed by atoms with van der Waals surface area (Å²) in [6.07, 6.45) is -0.150. The van der Waals surface area contributed by atoms with Crippen molar-refractivity contribution >= 4 is 17.5 Å². The molecule has 6 nitrogen and oxygen atoms in total. The Hall–Kier alpha value is -2.70. The Morgan fingerprint density at radius 1 is 1.04 bits per heavy atom. The Kier molecular flexibility index (Phi) is 4.36. The highest BCUT2D eigenvalue weighted by Crippen LogP contribution is 2.25. The molecule has 2 N–H and O–H groups in total. The first kappa shape index (κ1) is 15.2. The normalized spacial score (nSPS) is 10.5. The van der Waals surface area contributed by atoms with Crippen LogP contribution in [0.25, 0.3) is 22.6 Å². The Morgan fingerprint density at radius 2 is 1.61 bits per heavy atom. The monoisotopic (exact) mass is 329 g/mol. The van der Waals surface area contributed by atoms with Gasteiger partial charge in [-0.05, 0) is 35.4 Å². The molecule has 0 unspecified atom stereocenters. The molecule has 0 aliphatic carbocycles. The van der Waals surface area contributed by atoms with Gasteiger partial charge < -0.3 is 4.52 Å². The third-order valence-electron chi connectivity index (χ3n) is 3.22. The second kappa shape index (κ2) is 6.60. The number of nitrogens with zero attached hydrogens (tertiary/aromatic N) is 2. The SMILES string of the molecule is O=C(Cc1noc(-c2ccc(-c3ccc(Cl)cc3)cc2)n1)NO. The molecule has 0 bridgehead atoms. The van der Waals surface area contributed by atoms with Crippen molar-refractivity contribution in [1.82, 2.24) is 15.6 Å². The van der Waals surface area contributed by atoms with Crippen molar-refractivity contribution in [2.75, 3.05) is 0 Å². The molecule has 2 aromatic carbocycles. The molecule has 0 spiro atoms. The van der Waals surface area contributed by atoms with Crippen LogP contribution in [0.15, 0.2) is 53.1 Å². The standard InChI is InChI=1S/C16H12ClN3O3/c17-13-7-5-11(6-8-13)10-1-3-12(4-2-10)16-18-14(20-23-16)9-15(21)19-22/h1-8,22H,9H2,(H,19,21). The second-order valence-corrected chi connectivity index (χ2v) is 5.25. The van der Waals surface area contributed by atoms with Gasteiger partial charge in [-0.3, -0.25) is 10.0 Å². The van der Waals surface area contributed by atoms with Crippen molar-refractivity contribution in [3.63, 3.8) is 0 Å². The lowest BCUT2D eigenvalue weighted by Gasteiger charge is -2.02. The first-order valence-corrected chi connectivity index (χ1v) is 7.15. The van der Waals surface area contributed by atoms with Crippen LogP contribution in [-0.4, -0.2) is 21.3 Å². The highest BCUT2D eigenvalue weighted by atomic mass is 35.5. The highest BCUT2D eigenvalue weighted by Gasteiger charge is 2.12. The molecule has 116 valence electrons. The molecular weight excluding hydrogens is 318 g/mol. The molecule has 0 saturated carbocycles. The number of benzene rings is 2. The zero-order valence-electron chi connectivity index (χ0n) is 11.9. The van der Waals surface area contributed by atoms with Gasteiger partial charge in [-0.1, -0.05) is 41.0 Å². The molecule has 0 radical (unpaired) electrons. The minimum absolute atomic E-state index is 0.150. The molecule has 3 rings (SSSR count). The predicted octanol–water partition coefficient (Wildman–Crippen LogP) is 3.10. The average molecular weight is 330 g/mol. The number of nitrogens with one attached hydrogen (secondary N) is 1. The summed E-state index contributed by atoms with van der Waals surface area (Å²) in [7, 11) is 0. The van der Waals surface area contributed by atoms with Gasteiger partial charge in [0.05, 0.1) is 6.42 Å². The molecule has 0 aliphatic rings. The van der Waals surface area contributed by atoms with E-state index in [0.29, 0.717) is 10.9 Å². The van der Waals surface area contributed by atoms with Crippen LogP contribution in [0, 0.1) is 0 Å². The zero-order valence-corrected chi connectivity index (χ0v) is 12.6. The molecular formula is C16H12ClN3O3. The van der Waals surface area contributed by atoms with E-state index in [9.17, 15) is 4.79 Å². The summed E-state index contributed by atoms with van der Waals surface area (Å²) in [6, 6.07) is 15.1. The van der Waals surface area contributed by atoms with Crippen LogP contribution in [0.5, 0.6) is 0 Å². The Bertz CT molecular complexity index is 813. The number of aromatic nitrogens is 2. The molecule has 1 amide bonds. The van der Waals surface area contributed by atoms with Gasteiger partial charge in [-0.2, -0.15) is 4.98 Å². The molecule has 1 aromatic heterocycles. The molecule has 0 aliphatic heterocycles. The fourth-order valence-corrected chi connectivity index (χ4v) is 2.20. The van der Waals surface area contributed by atoms with E-state index in [2.05, 4.69) is 10.1 Å². The number of hydroxylamine groups is 1. The number of amides is 1. The third kappa shape index (κ3) is 3.56. The number of rotatable bonds is 4. The quantitative estimate of drug-likeness (QED) is 0.567. The van der Waals surface area contributed by atoms with Crippen LogP contribution in [0.2, 0.25) is 5.02 Å². The van der Waals surface area contributed by atoms with Crippen molar-refractivity contribution in [1.29, 1.82) is 0 Å². The molecule has 7 heteroatoms. The summed E-state index contributed by atoms with van der Waals surface area (Å²) in [4.78, 5) is 15.2. The smallest absolute Gasteiger partial charge is 0.257 e. The summed E-state index contributed by atoms with van der Waals surface area (Å²) in [5, 5.41) is 12.9. The summed E-state index contributed by atoms with van der Waals surface area (Å²) < 4.78 is 5.12. The van der Waals surface area contributed by atoms with Gasteiger partial charge in [0.25, 0.3) is 11.8 Å². The third-order valence-corrected chi connectivity index (χ3v) is 3.47. The number of halogens is 1. The average Bonchev–Trinajstić information content (AvgIpc) is 3.04. The van der Waals surface area contributed by atoms with Crippen LogP contribution in [-0.2, 0) is 11.2 Å². The largest absolute Gasteiger partial charge is 0.334 e. The predicted molar refractivity (Wildman–Crippen MR) is 83.8 cm³/mol. The van der Waals surface area contributed by atoms with Gasteiger partial charge in [-0.25, -0.2) is 5.48 Å². The van der Waals surface area contributed by atoms with E-state index >= 15 is 0 Å². The van der Waals surface area contributed by atoms with E-state index in [4.69, 9.17) is 21.3 Å². The van der Waals surface area contributed by atoms with E-state index in [1.807, 2.05) is 48.5 Å². The molecule has 1 heterocycles. The van der Waals surface area contributed by atoms with Crippen LogP contribution in [0.1, 0.15) is 5.82 Å². The minimum Gasteiger partial charge on any atom is -0.334 e. The number of hydrogen-bond acceptors (Lipinski definition) is 5. The zero-order chi connectivity index (χ0) is 16.2. The molecule has 0 atom stereocenters. The summed E-state index contributed by atoms with van der Waals surface area (Å²) >= 11 is 5.88. The van der Waals surface area contributed by atoms with Gasteiger partial charge in [0.15, 0.2) is 5.82 Å². The van der Waals surface area contributed by atoms with Crippen molar-refractivity contribution in [2.24, 2.45) is 0 Å². The van der Waals surface area contributed by atoms with Gasteiger partial charge in [0, 0.05) is 10.6 Å². The molecule has 0 fully saturated rings. The van der Waals surface area contributed by atoms with Crippen LogP contribution < -0.4 is 5.48 Å². The number of hydrogen-bond donors (Lipinski definition) is 2. The number of carbonyl (C=O) groups excluding carboxylic acids is 1. The van der Waals surface area contributed by atoms with Crippen LogP contribution in [0.4, 0.5) is 0 Å². The maximum Gasteiger partial charge on any atom is 0.257 e. The lowest BCUT2D eigenvalue weighted by molar-refractivity contribution is -0.128. The van der Waals surface area contributed by atoms with E-state index in [1.54, 1.807) is 0 Å². The van der Waals surface area contributed by atoms with E-state index in [-0.39, 0.29) is 12.2 Å². The topological polar surface area (TPSA) is 88.2 Å².